The summed E-state index contributed by atoms with van der Waals surface area (Å²) in [5, 5.41) is 0. The Morgan fingerprint density at radius 1 is 0.824 bits per heavy atom. The smallest absolute Gasteiger partial charge is 0.264 e. The maximum Gasteiger partial charge on any atom is 0.264 e. The highest BCUT2D eigenvalue weighted by molar-refractivity contribution is 7.85. The minimum atomic E-state index is -3.39. The first-order valence-corrected chi connectivity index (χ1v) is 12.3. The van der Waals surface area contributed by atoms with Gasteiger partial charge in [0.2, 0.25) is 0 Å². The molecule has 1 aliphatic rings. The van der Waals surface area contributed by atoms with Crippen LogP contribution in [-0.4, -0.2) is 79.9 Å². The maximum atomic E-state index is 12.2. The minimum Gasteiger partial charge on any atom is -0.497 e. The third kappa shape index (κ3) is 11.5. The van der Waals surface area contributed by atoms with Gasteiger partial charge in [-0.05, 0) is 48.5 Å². The molecule has 192 valence electrons. The normalized spacial score (nSPS) is 13.5. The van der Waals surface area contributed by atoms with E-state index in [4.69, 9.17) is 18.9 Å². The van der Waals surface area contributed by atoms with Crippen molar-refractivity contribution in [2.45, 2.75) is 7.43 Å². The molecule has 1 aliphatic heterocycles. The van der Waals surface area contributed by atoms with Gasteiger partial charge < -0.3 is 18.9 Å². The molecule has 0 spiro atoms. The van der Waals surface area contributed by atoms with Crippen LogP contribution in [0.15, 0.2) is 48.5 Å². The molecule has 1 saturated heterocycles. The van der Waals surface area contributed by atoms with Crippen molar-refractivity contribution in [3.8, 4) is 23.0 Å². The van der Waals surface area contributed by atoms with Crippen molar-refractivity contribution in [2.24, 2.45) is 5.92 Å². The Hall–Kier alpha value is -2.56. The summed E-state index contributed by atoms with van der Waals surface area (Å²) >= 11 is 0. The van der Waals surface area contributed by atoms with Gasteiger partial charge in [0, 0.05) is 25.6 Å². The number of methoxy groups -OCH3 is 2. The zero-order valence-corrected chi connectivity index (χ0v) is 20.1. The molecular formula is C24H36FNO7S. The molecule has 0 bridgehead atoms. The lowest BCUT2D eigenvalue weighted by molar-refractivity contribution is 0.0668. The number of alkyl halides is 1. The Morgan fingerprint density at radius 3 is 1.68 bits per heavy atom. The van der Waals surface area contributed by atoms with Crippen molar-refractivity contribution < 1.29 is 35.9 Å². The van der Waals surface area contributed by atoms with Gasteiger partial charge in [0.1, 0.15) is 42.8 Å². The number of likely N-dealkylation sites (tertiary alicyclic amines) is 1. The highest BCUT2D eigenvalue weighted by atomic mass is 32.2. The molecule has 0 aromatic heterocycles. The summed E-state index contributed by atoms with van der Waals surface area (Å²) in [6.07, 6.45) is 1.00. The van der Waals surface area contributed by atoms with Gasteiger partial charge in [-0.3, -0.25) is 13.5 Å². The fourth-order valence-electron chi connectivity index (χ4n) is 2.94. The number of hydrogen-bond donors (Lipinski definition) is 0. The molecule has 8 nitrogen and oxygen atoms in total. The highest BCUT2D eigenvalue weighted by Crippen LogP contribution is 2.19. The van der Waals surface area contributed by atoms with E-state index >= 15 is 0 Å². The molecule has 2 aromatic carbocycles. The average molecular weight is 502 g/mol. The highest BCUT2D eigenvalue weighted by Gasteiger charge is 2.25. The molecule has 0 aliphatic carbocycles. The van der Waals surface area contributed by atoms with E-state index in [9.17, 15) is 12.8 Å². The van der Waals surface area contributed by atoms with E-state index in [2.05, 4.69) is 9.08 Å². The Morgan fingerprint density at radius 2 is 1.26 bits per heavy atom. The second-order valence-electron chi connectivity index (χ2n) is 7.35. The van der Waals surface area contributed by atoms with Crippen LogP contribution >= 0.6 is 0 Å². The zero-order chi connectivity index (χ0) is 24.1. The Bertz CT molecular complexity index is 902. The monoisotopic (exact) mass is 501 g/mol. The van der Waals surface area contributed by atoms with Gasteiger partial charge in [-0.15, -0.1) is 0 Å². The lowest BCUT2D eigenvalue weighted by Gasteiger charge is -2.37. The zero-order valence-electron chi connectivity index (χ0n) is 19.2. The summed E-state index contributed by atoms with van der Waals surface area (Å²) in [7, 11) is -0.170. The molecule has 0 radical (unpaired) electrons. The minimum absolute atomic E-state index is 0. The Balaban J connectivity index is 0.000000331. The molecular weight excluding hydrogens is 465 g/mol. The third-order valence-electron chi connectivity index (χ3n) is 4.70. The second-order valence-corrected chi connectivity index (χ2v) is 9.00. The van der Waals surface area contributed by atoms with Crippen molar-refractivity contribution in [2.75, 3.05) is 66.6 Å². The van der Waals surface area contributed by atoms with Gasteiger partial charge in [0.15, 0.2) is 0 Å². The van der Waals surface area contributed by atoms with E-state index in [0.717, 1.165) is 43.1 Å². The van der Waals surface area contributed by atoms with Crippen LogP contribution in [0.2, 0.25) is 0 Å². The molecule has 0 saturated carbocycles. The molecule has 1 fully saturated rings. The van der Waals surface area contributed by atoms with E-state index in [1.807, 2.05) is 24.3 Å². The summed E-state index contributed by atoms with van der Waals surface area (Å²) in [6.45, 7) is 3.22. The second kappa shape index (κ2) is 15.4. The lowest BCUT2D eigenvalue weighted by Crippen LogP contribution is -2.49. The molecule has 0 N–H and O–H groups in total. The quantitative estimate of drug-likeness (QED) is 0.322. The molecule has 3 rings (SSSR count). The maximum absolute atomic E-state index is 12.2. The number of nitrogens with zero attached hydrogens (tertiary/aromatic N) is 1. The van der Waals surface area contributed by atoms with Crippen LogP contribution in [0.1, 0.15) is 7.43 Å². The molecule has 10 heteroatoms. The first-order valence-electron chi connectivity index (χ1n) is 10.5. The standard InChI is InChI=1S/C13H18FNO2.C10H14O5S.CH4/c1-16-12-2-4-13(5-3-12)17-7-6-15-9-11(8-14)10-15;1-13-9-3-5-10(6-4-9)14-7-8-15-16(2,11)12;/h2-5,11H,6-10H2,1H3;3-6H,7-8H2,1-2H3;1H4. The van der Waals surface area contributed by atoms with E-state index in [1.54, 1.807) is 38.5 Å². The first kappa shape index (κ1) is 29.5. The Labute approximate surface area is 202 Å². The van der Waals surface area contributed by atoms with Crippen LogP contribution in [0.25, 0.3) is 0 Å². The summed E-state index contributed by atoms with van der Waals surface area (Å²) in [6, 6.07) is 14.5. The van der Waals surface area contributed by atoms with Crippen LogP contribution in [0.5, 0.6) is 23.0 Å². The van der Waals surface area contributed by atoms with Crippen LogP contribution in [0, 0.1) is 5.92 Å². The molecule has 1 heterocycles. The van der Waals surface area contributed by atoms with Crippen molar-refractivity contribution in [1.82, 2.24) is 4.90 Å². The summed E-state index contributed by atoms with van der Waals surface area (Å²) in [5.74, 6) is 3.29. The van der Waals surface area contributed by atoms with Crippen molar-refractivity contribution in [1.29, 1.82) is 0 Å². The number of benzene rings is 2. The van der Waals surface area contributed by atoms with Crippen LogP contribution in [0.3, 0.4) is 0 Å². The topological polar surface area (TPSA) is 83.5 Å². The molecule has 0 atom stereocenters. The number of hydrogen-bond acceptors (Lipinski definition) is 8. The molecule has 34 heavy (non-hydrogen) atoms. The van der Waals surface area contributed by atoms with Crippen molar-refractivity contribution >= 4 is 10.1 Å². The Kier molecular flexibility index (Phi) is 13.3. The van der Waals surface area contributed by atoms with Gasteiger partial charge in [0.05, 0.1) is 27.1 Å². The van der Waals surface area contributed by atoms with Gasteiger partial charge in [-0.2, -0.15) is 8.42 Å². The summed E-state index contributed by atoms with van der Waals surface area (Å²) < 4.78 is 58.9. The van der Waals surface area contributed by atoms with E-state index < -0.39 is 10.1 Å². The van der Waals surface area contributed by atoms with Crippen LogP contribution in [0.4, 0.5) is 4.39 Å². The average Bonchev–Trinajstić information content (AvgIpc) is 2.79. The first-order chi connectivity index (χ1) is 15.8. The number of halogens is 1. The summed E-state index contributed by atoms with van der Waals surface area (Å²) in [4.78, 5) is 2.20. The third-order valence-corrected chi connectivity index (χ3v) is 5.29. The molecule has 2 aromatic rings. The number of ether oxygens (including phenoxy) is 4. The van der Waals surface area contributed by atoms with Gasteiger partial charge in [-0.1, -0.05) is 7.43 Å². The lowest BCUT2D eigenvalue weighted by atomic mass is 10.0. The number of rotatable bonds is 12. The van der Waals surface area contributed by atoms with Gasteiger partial charge >= 0.3 is 0 Å². The largest absolute Gasteiger partial charge is 0.497 e. The van der Waals surface area contributed by atoms with E-state index in [-0.39, 0.29) is 33.2 Å². The predicted octanol–water partition coefficient (Wildman–Crippen LogP) is 3.66. The van der Waals surface area contributed by atoms with E-state index in [0.29, 0.717) is 12.4 Å². The van der Waals surface area contributed by atoms with Crippen molar-refractivity contribution in [3.63, 3.8) is 0 Å². The van der Waals surface area contributed by atoms with Crippen molar-refractivity contribution in [3.05, 3.63) is 48.5 Å². The fraction of sp³-hybridized carbons (Fsp3) is 0.500. The van der Waals surface area contributed by atoms with Gasteiger partial charge in [-0.25, -0.2) is 0 Å². The van der Waals surface area contributed by atoms with Gasteiger partial charge in [0.25, 0.3) is 10.1 Å². The SMILES string of the molecule is C.COc1ccc(OCCN2CC(CF)C2)cc1.COc1ccc(OCCOS(C)(=O)=O)cc1. The van der Waals surface area contributed by atoms with Crippen LogP contribution < -0.4 is 18.9 Å². The van der Waals surface area contributed by atoms with Crippen LogP contribution in [-0.2, 0) is 14.3 Å². The summed E-state index contributed by atoms with van der Waals surface area (Å²) in [5.41, 5.74) is 0. The van der Waals surface area contributed by atoms with E-state index in [1.165, 1.54) is 0 Å². The fourth-order valence-corrected chi connectivity index (χ4v) is 3.31. The molecule has 0 amide bonds. The molecule has 0 unspecified atom stereocenters. The predicted molar refractivity (Wildman–Crippen MR) is 130 cm³/mol.